The van der Waals surface area contributed by atoms with Gasteiger partial charge in [-0.2, -0.15) is 0 Å². The number of aromatic nitrogens is 1. The van der Waals surface area contributed by atoms with Gasteiger partial charge in [0.25, 0.3) is 0 Å². The monoisotopic (exact) mass is 223 g/mol. The van der Waals surface area contributed by atoms with Crippen LogP contribution in [0.1, 0.15) is 12.0 Å². The summed E-state index contributed by atoms with van der Waals surface area (Å²) in [4.78, 5) is 6.89. The number of likely N-dealkylation sites (N-methyl/N-ethyl adjacent to an activating group) is 1. The van der Waals surface area contributed by atoms with Gasteiger partial charge in [0.05, 0.1) is 4.99 Å². The standard InChI is InChI=1S/C11H17N3S/c1-14(8-5-11(12)15)7-4-10-3-2-6-13-9-10/h2-3,6,9H,4-5,7-8H2,1H3,(H2,12,15). The summed E-state index contributed by atoms with van der Waals surface area (Å²) in [6, 6.07) is 4.05. The molecule has 2 N–H and O–H groups in total. The van der Waals surface area contributed by atoms with Crippen LogP contribution < -0.4 is 5.73 Å². The minimum Gasteiger partial charge on any atom is -0.393 e. The van der Waals surface area contributed by atoms with Crippen molar-refractivity contribution >= 4 is 17.2 Å². The summed E-state index contributed by atoms with van der Waals surface area (Å²) < 4.78 is 0. The first-order valence-electron chi connectivity index (χ1n) is 5.04. The van der Waals surface area contributed by atoms with Gasteiger partial charge in [-0.05, 0) is 25.1 Å². The van der Waals surface area contributed by atoms with E-state index in [2.05, 4.69) is 23.0 Å². The van der Waals surface area contributed by atoms with Gasteiger partial charge in [0, 0.05) is 31.9 Å². The number of rotatable bonds is 6. The molecule has 0 radical (unpaired) electrons. The molecular weight excluding hydrogens is 206 g/mol. The molecule has 0 saturated heterocycles. The van der Waals surface area contributed by atoms with Crippen LogP contribution >= 0.6 is 12.2 Å². The topological polar surface area (TPSA) is 42.1 Å². The third-order valence-electron chi connectivity index (χ3n) is 2.24. The molecule has 4 heteroatoms. The Morgan fingerprint density at radius 1 is 1.53 bits per heavy atom. The van der Waals surface area contributed by atoms with Crippen molar-refractivity contribution < 1.29 is 0 Å². The van der Waals surface area contributed by atoms with Crippen LogP contribution in [0.2, 0.25) is 0 Å². The summed E-state index contributed by atoms with van der Waals surface area (Å²) in [6.45, 7) is 1.93. The van der Waals surface area contributed by atoms with Crippen LogP contribution in [-0.2, 0) is 6.42 Å². The quantitative estimate of drug-likeness (QED) is 0.737. The average molecular weight is 223 g/mol. The molecule has 0 unspecified atom stereocenters. The largest absolute Gasteiger partial charge is 0.393 e. The second-order valence-corrected chi connectivity index (χ2v) is 4.16. The Bertz CT molecular complexity index is 300. The number of pyridine rings is 1. The molecule has 1 aromatic rings. The van der Waals surface area contributed by atoms with Crippen LogP contribution in [0.3, 0.4) is 0 Å². The van der Waals surface area contributed by atoms with Gasteiger partial charge in [-0.3, -0.25) is 4.98 Å². The average Bonchev–Trinajstić information content (AvgIpc) is 2.25. The van der Waals surface area contributed by atoms with E-state index in [9.17, 15) is 0 Å². The molecule has 82 valence electrons. The Labute approximate surface area is 96.3 Å². The number of hydrogen-bond acceptors (Lipinski definition) is 3. The van der Waals surface area contributed by atoms with Crippen LogP contribution in [0.4, 0.5) is 0 Å². The van der Waals surface area contributed by atoms with Gasteiger partial charge in [0.1, 0.15) is 0 Å². The molecule has 0 amide bonds. The number of hydrogen-bond donors (Lipinski definition) is 1. The second-order valence-electron chi connectivity index (χ2n) is 3.63. The molecular formula is C11H17N3S. The van der Waals surface area contributed by atoms with E-state index in [-0.39, 0.29) is 0 Å². The summed E-state index contributed by atoms with van der Waals surface area (Å²) in [6.07, 6.45) is 5.50. The van der Waals surface area contributed by atoms with Crippen molar-refractivity contribution in [1.82, 2.24) is 9.88 Å². The van der Waals surface area contributed by atoms with E-state index in [1.54, 1.807) is 6.20 Å². The zero-order chi connectivity index (χ0) is 11.1. The normalized spacial score (nSPS) is 10.5. The van der Waals surface area contributed by atoms with Crippen molar-refractivity contribution in [3.63, 3.8) is 0 Å². The van der Waals surface area contributed by atoms with E-state index in [0.29, 0.717) is 4.99 Å². The lowest BCUT2D eigenvalue weighted by molar-refractivity contribution is 0.349. The summed E-state index contributed by atoms with van der Waals surface area (Å²) in [5.41, 5.74) is 6.71. The van der Waals surface area contributed by atoms with Crippen molar-refractivity contribution in [2.75, 3.05) is 20.1 Å². The van der Waals surface area contributed by atoms with Gasteiger partial charge in [0.15, 0.2) is 0 Å². The first-order chi connectivity index (χ1) is 7.18. The molecule has 0 bridgehead atoms. The Balaban J connectivity index is 2.22. The van der Waals surface area contributed by atoms with Crippen molar-refractivity contribution in [2.24, 2.45) is 5.73 Å². The van der Waals surface area contributed by atoms with E-state index in [1.807, 2.05) is 12.3 Å². The maximum absolute atomic E-state index is 5.44. The molecule has 1 rings (SSSR count). The lowest BCUT2D eigenvalue weighted by Crippen LogP contribution is -2.25. The third kappa shape index (κ3) is 5.44. The van der Waals surface area contributed by atoms with Crippen LogP contribution in [0.5, 0.6) is 0 Å². The predicted molar refractivity (Wildman–Crippen MR) is 66.8 cm³/mol. The molecule has 0 saturated carbocycles. The minimum atomic E-state index is 0.586. The molecule has 0 fully saturated rings. The van der Waals surface area contributed by atoms with Crippen molar-refractivity contribution in [2.45, 2.75) is 12.8 Å². The molecule has 0 spiro atoms. The van der Waals surface area contributed by atoms with Gasteiger partial charge in [0.2, 0.25) is 0 Å². The maximum Gasteiger partial charge on any atom is 0.0740 e. The van der Waals surface area contributed by atoms with E-state index < -0.39 is 0 Å². The molecule has 15 heavy (non-hydrogen) atoms. The van der Waals surface area contributed by atoms with Crippen LogP contribution in [0.15, 0.2) is 24.5 Å². The van der Waals surface area contributed by atoms with E-state index in [0.717, 1.165) is 25.9 Å². The van der Waals surface area contributed by atoms with Gasteiger partial charge in [-0.1, -0.05) is 18.3 Å². The van der Waals surface area contributed by atoms with Crippen molar-refractivity contribution in [1.29, 1.82) is 0 Å². The molecule has 0 aromatic carbocycles. The van der Waals surface area contributed by atoms with Crippen LogP contribution in [-0.4, -0.2) is 35.0 Å². The minimum absolute atomic E-state index is 0.586. The van der Waals surface area contributed by atoms with Gasteiger partial charge in [-0.15, -0.1) is 0 Å². The van der Waals surface area contributed by atoms with Crippen LogP contribution in [0, 0.1) is 0 Å². The highest BCUT2D eigenvalue weighted by Crippen LogP contribution is 1.98. The fraction of sp³-hybridized carbons (Fsp3) is 0.455. The zero-order valence-corrected chi connectivity index (χ0v) is 9.83. The zero-order valence-electron chi connectivity index (χ0n) is 9.02. The molecule has 1 heterocycles. The SMILES string of the molecule is CN(CCC(N)=S)CCc1cccnc1. The molecule has 0 atom stereocenters. The lowest BCUT2D eigenvalue weighted by Gasteiger charge is -2.15. The first-order valence-corrected chi connectivity index (χ1v) is 5.45. The smallest absolute Gasteiger partial charge is 0.0740 e. The van der Waals surface area contributed by atoms with Crippen molar-refractivity contribution in [3.05, 3.63) is 30.1 Å². The first kappa shape index (κ1) is 12.1. The van der Waals surface area contributed by atoms with E-state index in [4.69, 9.17) is 18.0 Å². The van der Waals surface area contributed by atoms with Gasteiger partial charge < -0.3 is 10.6 Å². The predicted octanol–water partition coefficient (Wildman–Crippen LogP) is 1.23. The van der Waals surface area contributed by atoms with E-state index in [1.165, 1.54) is 5.56 Å². The lowest BCUT2D eigenvalue weighted by atomic mass is 10.2. The highest BCUT2D eigenvalue weighted by atomic mass is 32.1. The Kier molecular flexibility index (Phi) is 5.21. The Morgan fingerprint density at radius 2 is 2.33 bits per heavy atom. The maximum atomic E-state index is 5.44. The number of thiocarbonyl (C=S) groups is 1. The molecule has 0 aliphatic carbocycles. The molecule has 0 aliphatic rings. The number of nitrogens with two attached hydrogens (primary N) is 1. The van der Waals surface area contributed by atoms with Gasteiger partial charge >= 0.3 is 0 Å². The van der Waals surface area contributed by atoms with Crippen molar-refractivity contribution in [3.8, 4) is 0 Å². The fourth-order valence-electron chi connectivity index (χ4n) is 1.28. The van der Waals surface area contributed by atoms with Crippen LogP contribution in [0.25, 0.3) is 0 Å². The second kappa shape index (κ2) is 6.48. The summed E-state index contributed by atoms with van der Waals surface area (Å²) >= 11 is 4.83. The summed E-state index contributed by atoms with van der Waals surface area (Å²) in [5.74, 6) is 0. The highest BCUT2D eigenvalue weighted by molar-refractivity contribution is 7.80. The molecule has 1 aromatic heterocycles. The number of nitrogens with zero attached hydrogens (tertiary/aromatic N) is 2. The third-order valence-corrected chi connectivity index (χ3v) is 2.45. The summed E-state index contributed by atoms with van der Waals surface area (Å²) in [7, 11) is 2.08. The Morgan fingerprint density at radius 3 is 2.93 bits per heavy atom. The van der Waals surface area contributed by atoms with E-state index >= 15 is 0 Å². The highest BCUT2D eigenvalue weighted by Gasteiger charge is 2.00. The fourth-order valence-corrected chi connectivity index (χ4v) is 1.37. The summed E-state index contributed by atoms with van der Waals surface area (Å²) in [5, 5.41) is 0. The van der Waals surface area contributed by atoms with Gasteiger partial charge in [-0.25, -0.2) is 0 Å². The molecule has 0 aliphatic heterocycles. The Hall–Kier alpha value is -1.00. The molecule has 3 nitrogen and oxygen atoms in total.